The lowest BCUT2D eigenvalue weighted by Gasteiger charge is -2.30. The molecule has 3 rings (SSSR count). The first kappa shape index (κ1) is 22.9. The molecule has 1 aliphatic rings. The molecule has 1 atom stereocenters. The largest absolute Gasteiger partial charge is 0.297 e. The predicted molar refractivity (Wildman–Crippen MR) is 117 cm³/mol. The smallest absolute Gasteiger partial charge is 0.244 e. The molecule has 1 saturated carbocycles. The Morgan fingerprint density at radius 1 is 1.37 bits per heavy atom. The molecular weight excluding hydrogens is 440 g/mol. The fraction of sp³-hybridized carbons (Fsp3) is 0.500. The first-order valence-corrected chi connectivity index (χ1v) is 13.0. The quantitative estimate of drug-likeness (QED) is 0.548. The van der Waals surface area contributed by atoms with E-state index in [0.29, 0.717) is 10.0 Å². The van der Waals surface area contributed by atoms with E-state index in [0.717, 1.165) is 37.8 Å². The number of thiazole rings is 1. The summed E-state index contributed by atoms with van der Waals surface area (Å²) in [7, 11) is -1.96. The molecule has 0 amide bonds. The molecule has 0 radical (unpaired) electrons. The Morgan fingerprint density at radius 2 is 2.10 bits per heavy atom. The number of pyridine rings is 1. The topological polar surface area (TPSA) is 104 Å². The zero-order valence-electron chi connectivity index (χ0n) is 16.9. The van der Waals surface area contributed by atoms with Gasteiger partial charge in [-0.15, -0.1) is 11.3 Å². The number of hydrogen-bond donors (Lipinski definition) is 0. The highest BCUT2D eigenvalue weighted by Crippen LogP contribution is 2.28. The molecule has 2 aromatic heterocycles. The highest BCUT2D eigenvalue weighted by atomic mass is 32.2. The number of carbonyl (C=O) groups excluding carboxylic acids is 1. The van der Waals surface area contributed by atoms with Gasteiger partial charge >= 0.3 is 0 Å². The molecule has 7 nitrogen and oxygen atoms in total. The maximum absolute atomic E-state index is 12.9. The predicted octanol–water partition coefficient (Wildman–Crippen LogP) is 3.77. The summed E-state index contributed by atoms with van der Waals surface area (Å²) in [6.07, 6.45) is 6.38. The minimum atomic E-state index is -3.59. The number of ketones is 1. The van der Waals surface area contributed by atoms with Gasteiger partial charge < -0.3 is 0 Å². The maximum Gasteiger partial charge on any atom is 0.244 e. The van der Waals surface area contributed by atoms with Crippen molar-refractivity contribution in [3.05, 3.63) is 34.4 Å². The van der Waals surface area contributed by atoms with E-state index in [2.05, 4.69) is 9.97 Å². The zero-order chi connectivity index (χ0) is 21.7. The van der Waals surface area contributed by atoms with Crippen molar-refractivity contribution in [1.82, 2.24) is 14.3 Å². The number of nitrogens with zero attached hydrogens (tertiary/aromatic N) is 4. The fourth-order valence-corrected chi connectivity index (χ4v) is 6.38. The number of Topliss-reactive ketones (excluding diaryl/α,β-unsaturated/α-hetero) is 1. The van der Waals surface area contributed by atoms with Crippen molar-refractivity contribution < 1.29 is 13.2 Å². The molecule has 1 fully saturated rings. The molecule has 1 aliphatic carbocycles. The van der Waals surface area contributed by atoms with Gasteiger partial charge in [0.15, 0.2) is 11.7 Å². The molecule has 2 heterocycles. The Morgan fingerprint density at radius 3 is 2.67 bits per heavy atom. The van der Waals surface area contributed by atoms with Crippen molar-refractivity contribution in [2.24, 2.45) is 0 Å². The minimum absolute atomic E-state index is 0.0350. The van der Waals surface area contributed by atoms with Crippen LogP contribution in [0.25, 0.3) is 0 Å². The number of hydrogen-bond acceptors (Lipinski definition) is 8. The second-order valence-electron chi connectivity index (χ2n) is 7.29. The third-order valence-corrected chi connectivity index (χ3v) is 9.06. The number of sulfonamides is 1. The van der Waals surface area contributed by atoms with Crippen molar-refractivity contribution >= 4 is 38.9 Å². The summed E-state index contributed by atoms with van der Waals surface area (Å²) in [5, 5.41) is 12.2. The van der Waals surface area contributed by atoms with E-state index in [4.69, 9.17) is 0 Å². The van der Waals surface area contributed by atoms with Gasteiger partial charge in [-0.2, -0.15) is 9.57 Å². The highest BCUT2D eigenvalue weighted by Gasteiger charge is 2.29. The molecule has 30 heavy (non-hydrogen) atoms. The van der Waals surface area contributed by atoms with Crippen molar-refractivity contribution in [1.29, 1.82) is 5.26 Å². The molecule has 2 aromatic rings. The van der Waals surface area contributed by atoms with Gasteiger partial charge in [0.05, 0.1) is 16.8 Å². The van der Waals surface area contributed by atoms with Crippen LogP contribution >= 0.6 is 23.1 Å². The van der Waals surface area contributed by atoms with Crippen LogP contribution in [-0.2, 0) is 14.8 Å². The molecule has 0 saturated heterocycles. The van der Waals surface area contributed by atoms with Crippen LogP contribution in [0.4, 0.5) is 0 Å². The lowest BCUT2D eigenvalue weighted by Crippen LogP contribution is -2.38. The second-order valence-corrected chi connectivity index (χ2v) is 11.2. The summed E-state index contributed by atoms with van der Waals surface area (Å²) in [4.78, 5) is 21.0. The van der Waals surface area contributed by atoms with Crippen LogP contribution < -0.4 is 0 Å². The normalized spacial score (nSPS) is 16.3. The first-order chi connectivity index (χ1) is 14.3. The molecule has 10 heteroatoms. The minimum Gasteiger partial charge on any atom is -0.297 e. The SMILES string of the molecule is Cc1csc(C(C#N)C(=O)CSc2ccc(S(=O)(=O)N(C)C3CCCCC3)cn2)n1. The Hall–Kier alpha value is -1.80. The van der Waals surface area contributed by atoms with Crippen molar-refractivity contribution in [3.8, 4) is 6.07 Å². The first-order valence-electron chi connectivity index (χ1n) is 9.74. The summed E-state index contributed by atoms with van der Waals surface area (Å²) in [6.45, 7) is 1.82. The Kier molecular flexibility index (Phi) is 7.63. The van der Waals surface area contributed by atoms with Crippen LogP contribution in [-0.4, -0.2) is 47.3 Å². The van der Waals surface area contributed by atoms with E-state index in [1.807, 2.05) is 18.4 Å². The van der Waals surface area contributed by atoms with Crippen LogP contribution in [0.3, 0.4) is 0 Å². The van der Waals surface area contributed by atoms with Crippen LogP contribution in [0.2, 0.25) is 0 Å². The van der Waals surface area contributed by atoms with E-state index in [-0.39, 0.29) is 22.5 Å². The Bertz CT molecular complexity index is 1020. The zero-order valence-corrected chi connectivity index (χ0v) is 19.4. The highest BCUT2D eigenvalue weighted by molar-refractivity contribution is 7.99. The maximum atomic E-state index is 12.9. The third-order valence-electron chi connectivity index (χ3n) is 5.17. The number of carbonyl (C=O) groups is 1. The van der Waals surface area contributed by atoms with Crippen LogP contribution in [0.15, 0.2) is 33.6 Å². The Labute approximate surface area is 185 Å². The standard InChI is InChI=1S/C20H24N4O3S3/c1-14-12-29-20(23-14)17(10-21)18(25)13-28-19-9-8-16(11-22-19)30(26,27)24(2)15-6-4-3-5-7-15/h8-9,11-12,15,17H,3-7,13H2,1-2H3. The monoisotopic (exact) mass is 464 g/mol. The van der Waals surface area contributed by atoms with Crippen LogP contribution in [0.5, 0.6) is 0 Å². The third kappa shape index (κ3) is 5.27. The summed E-state index contributed by atoms with van der Waals surface area (Å²) in [5.74, 6) is -1.06. The average Bonchev–Trinajstić information content (AvgIpc) is 3.19. The van der Waals surface area contributed by atoms with Gasteiger partial charge in [-0.3, -0.25) is 4.79 Å². The number of aromatic nitrogens is 2. The number of nitriles is 1. The summed E-state index contributed by atoms with van der Waals surface area (Å²) < 4.78 is 27.2. The lowest BCUT2D eigenvalue weighted by atomic mass is 9.96. The molecule has 1 unspecified atom stereocenters. The van der Waals surface area contributed by atoms with Crippen LogP contribution in [0, 0.1) is 18.3 Å². The van der Waals surface area contributed by atoms with Gasteiger partial charge in [0.25, 0.3) is 0 Å². The molecule has 160 valence electrons. The molecular formula is C20H24N4O3S3. The van der Waals surface area contributed by atoms with Gasteiger partial charge in [0.1, 0.15) is 9.90 Å². The van der Waals surface area contributed by atoms with Gasteiger partial charge in [0.2, 0.25) is 10.0 Å². The number of rotatable bonds is 8. The summed E-state index contributed by atoms with van der Waals surface area (Å²) >= 11 is 2.49. The number of thioether (sulfide) groups is 1. The second kappa shape index (κ2) is 10.0. The molecule has 0 bridgehead atoms. The molecule has 0 aromatic carbocycles. The summed E-state index contributed by atoms with van der Waals surface area (Å²) in [5.41, 5.74) is 0.785. The van der Waals surface area contributed by atoms with E-state index in [1.165, 1.54) is 39.7 Å². The lowest BCUT2D eigenvalue weighted by molar-refractivity contribution is -0.116. The fourth-order valence-electron chi connectivity index (χ4n) is 3.41. The van der Waals surface area contributed by atoms with E-state index < -0.39 is 15.9 Å². The number of aryl methyl sites for hydroxylation is 1. The van der Waals surface area contributed by atoms with Gasteiger partial charge in [-0.1, -0.05) is 31.0 Å². The Balaban J connectivity index is 1.62. The molecule has 0 spiro atoms. The summed E-state index contributed by atoms with van der Waals surface area (Å²) in [6, 6.07) is 5.19. The van der Waals surface area contributed by atoms with Gasteiger partial charge in [-0.25, -0.2) is 18.4 Å². The van der Waals surface area contributed by atoms with Crippen LogP contribution in [0.1, 0.15) is 48.7 Å². The van der Waals surface area contributed by atoms with E-state index in [9.17, 15) is 18.5 Å². The van der Waals surface area contributed by atoms with Gasteiger partial charge in [-0.05, 0) is 31.9 Å². The average molecular weight is 465 g/mol. The van der Waals surface area contributed by atoms with Crippen molar-refractivity contribution in [2.45, 2.75) is 60.9 Å². The van der Waals surface area contributed by atoms with E-state index >= 15 is 0 Å². The van der Waals surface area contributed by atoms with Crippen molar-refractivity contribution in [2.75, 3.05) is 12.8 Å². The van der Waals surface area contributed by atoms with Gasteiger partial charge in [0, 0.05) is 30.4 Å². The van der Waals surface area contributed by atoms with Crippen molar-refractivity contribution in [3.63, 3.8) is 0 Å². The van der Waals surface area contributed by atoms with E-state index in [1.54, 1.807) is 13.1 Å². The molecule has 0 N–H and O–H groups in total. The molecule has 0 aliphatic heterocycles.